The molecule has 0 spiro atoms. The molecular formula is C17H24F2N2O2. The highest BCUT2D eigenvalue weighted by Gasteiger charge is 2.32. The van der Waals surface area contributed by atoms with Crippen LogP contribution in [0, 0.1) is 5.41 Å². The first-order valence-corrected chi connectivity index (χ1v) is 8.04. The first-order valence-electron chi connectivity index (χ1n) is 8.04. The molecule has 2 rings (SSSR count). The Bertz CT molecular complexity index is 517. The lowest BCUT2D eigenvalue weighted by Gasteiger charge is -2.35. The van der Waals surface area contributed by atoms with Crippen LogP contribution in [0.25, 0.3) is 0 Å². The Morgan fingerprint density at radius 2 is 1.96 bits per heavy atom. The molecule has 1 aromatic carbocycles. The normalized spacial score (nSPS) is 17.0. The van der Waals surface area contributed by atoms with Crippen LogP contribution in [0.1, 0.15) is 44.1 Å². The van der Waals surface area contributed by atoms with E-state index in [9.17, 15) is 13.6 Å². The number of ether oxygens (including phenoxy) is 1. The molecule has 0 aliphatic heterocycles. The Balaban J connectivity index is 1.91. The minimum Gasteiger partial charge on any atom is -0.434 e. The summed E-state index contributed by atoms with van der Waals surface area (Å²) in [5.41, 5.74) is 6.31. The Labute approximate surface area is 135 Å². The van der Waals surface area contributed by atoms with E-state index in [1.165, 1.54) is 12.5 Å². The predicted molar refractivity (Wildman–Crippen MR) is 84.1 cm³/mol. The molecule has 0 unspecified atom stereocenters. The third kappa shape index (κ3) is 5.16. The van der Waals surface area contributed by atoms with Crippen molar-refractivity contribution in [3.63, 3.8) is 0 Å². The van der Waals surface area contributed by atoms with Gasteiger partial charge in [0.2, 0.25) is 5.91 Å². The molecule has 1 aliphatic rings. The fourth-order valence-electron chi connectivity index (χ4n) is 3.21. The number of benzene rings is 1. The van der Waals surface area contributed by atoms with Gasteiger partial charge >= 0.3 is 6.61 Å². The maximum atomic E-state index is 12.4. The van der Waals surface area contributed by atoms with Crippen molar-refractivity contribution in [2.75, 3.05) is 6.54 Å². The summed E-state index contributed by atoms with van der Waals surface area (Å²) >= 11 is 0. The number of hydrogen-bond donors (Lipinski definition) is 2. The number of nitrogens with two attached hydrogens (primary N) is 1. The monoisotopic (exact) mass is 326 g/mol. The number of alkyl halides is 2. The zero-order chi connectivity index (χ0) is 16.7. The Kier molecular flexibility index (Phi) is 6.33. The topological polar surface area (TPSA) is 64.4 Å². The van der Waals surface area contributed by atoms with E-state index in [1.807, 2.05) is 0 Å². The van der Waals surface area contributed by atoms with E-state index in [-0.39, 0.29) is 23.6 Å². The predicted octanol–water partition coefficient (Wildman–Crippen LogP) is 3.20. The van der Waals surface area contributed by atoms with E-state index in [0.29, 0.717) is 18.5 Å². The average Bonchev–Trinajstić information content (AvgIpc) is 2.54. The van der Waals surface area contributed by atoms with Gasteiger partial charge in [0, 0.05) is 18.5 Å². The summed E-state index contributed by atoms with van der Waals surface area (Å²) in [6.07, 6.45) is 5.75. The molecule has 0 bridgehead atoms. The first kappa shape index (κ1) is 17.7. The summed E-state index contributed by atoms with van der Waals surface area (Å²) in [7, 11) is 0. The van der Waals surface area contributed by atoms with E-state index in [4.69, 9.17) is 5.73 Å². The number of carbonyl (C=O) groups is 1. The van der Waals surface area contributed by atoms with Crippen molar-refractivity contribution >= 4 is 5.91 Å². The van der Waals surface area contributed by atoms with Crippen molar-refractivity contribution in [3.05, 3.63) is 29.8 Å². The lowest BCUT2D eigenvalue weighted by Crippen LogP contribution is -2.38. The summed E-state index contributed by atoms with van der Waals surface area (Å²) < 4.78 is 29.2. The number of carbonyl (C=O) groups excluding carboxylic acids is 1. The van der Waals surface area contributed by atoms with Crippen molar-refractivity contribution in [3.8, 4) is 5.75 Å². The van der Waals surface area contributed by atoms with Gasteiger partial charge in [-0.25, -0.2) is 0 Å². The molecule has 0 radical (unpaired) electrons. The third-order valence-corrected chi connectivity index (χ3v) is 4.55. The van der Waals surface area contributed by atoms with Gasteiger partial charge in [0.05, 0.1) is 0 Å². The Morgan fingerprint density at radius 3 is 2.61 bits per heavy atom. The first-order chi connectivity index (χ1) is 11.0. The number of halogens is 2. The molecular weight excluding hydrogens is 302 g/mol. The summed E-state index contributed by atoms with van der Waals surface area (Å²) in [5.74, 6) is -0.00166. The fraction of sp³-hybridized carbons (Fsp3) is 0.588. The molecule has 0 atom stereocenters. The minimum absolute atomic E-state index is 0.0917. The number of nitrogens with one attached hydrogen (secondary N) is 1. The van der Waals surface area contributed by atoms with Crippen LogP contribution in [0.4, 0.5) is 8.78 Å². The molecule has 4 nitrogen and oxygen atoms in total. The second kappa shape index (κ2) is 8.24. The molecule has 1 aromatic rings. The standard InChI is InChI=1S/C17H24F2N2O2/c18-16(19)23-14-7-3-2-6-13(14)11-21-15(22)10-17(12-20)8-4-1-5-9-17/h2-3,6-7,16H,1,4-5,8-12,20H2,(H,21,22). The smallest absolute Gasteiger partial charge is 0.387 e. The van der Waals surface area contributed by atoms with E-state index < -0.39 is 6.61 Å². The average molecular weight is 326 g/mol. The Hall–Kier alpha value is -1.69. The summed E-state index contributed by atoms with van der Waals surface area (Å²) in [6, 6.07) is 6.48. The van der Waals surface area contributed by atoms with Gasteiger partial charge in [-0.1, -0.05) is 37.5 Å². The molecule has 1 saturated carbocycles. The Morgan fingerprint density at radius 1 is 1.26 bits per heavy atom. The molecule has 1 amide bonds. The van der Waals surface area contributed by atoms with E-state index in [1.54, 1.807) is 18.2 Å². The van der Waals surface area contributed by atoms with E-state index in [0.717, 1.165) is 25.7 Å². The lowest BCUT2D eigenvalue weighted by molar-refractivity contribution is -0.124. The van der Waals surface area contributed by atoms with Gasteiger partial charge < -0.3 is 15.8 Å². The number of amides is 1. The highest BCUT2D eigenvalue weighted by atomic mass is 19.3. The van der Waals surface area contributed by atoms with Crippen molar-refractivity contribution in [2.45, 2.75) is 51.7 Å². The molecule has 6 heteroatoms. The SMILES string of the molecule is NCC1(CC(=O)NCc2ccccc2OC(F)F)CCCCC1. The number of rotatable bonds is 7. The van der Waals surface area contributed by atoms with Gasteiger partial charge in [0.15, 0.2) is 0 Å². The van der Waals surface area contributed by atoms with Crippen LogP contribution in [0.5, 0.6) is 5.75 Å². The van der Waals surface area contributed by atoms with Crippen LogP contribution >= 0.6 is 0 Å². The van der Waals surface area contributed by atoms with Crippen LogP contribution in [0.3, 0.4) is 0 Å². The zero-order valence-electron chi connectivity index (χ0n) is 13.2. The highest BCUT2D eigenvalue weighted by Crippen LogP contribution is 2.38. The fourth-order valence-corrected chi connectivity index (χ4v) is 3.21. The molecule has 0 aromatic heterocycles. The van der Waals surface area contributed by atoms with E-state index >= 15 is 0 Å². The van der Waals surface area contributed by atoms with Crippen LogP contribution in [-0.2, 0) is 11.3 Å². The van der Waals surface area contributed by atoms with Crippen molar-refractivity contribution < 1.29 is 18.3 Å². The molecule has 1 fully saturated rings. The van der Waals surface area contributed by atoms with Crippen molar-refractivity contribution in [1.29, 1.82) is 0 Å². The van der Waals surface area contributed by atoms with Gasteiger partial charge in [-0.3, -0.25) is 4.79 Å². The lowest BCUT2D eigenvalue weighted by atomic mass is 9.71. The number of para-hydroxylation sites is 1. The molecule has 23 heavy (non-hydrogen) atoms. The largest absolute Gasteiger partial charge is 0.434 e. The van der Waals surface area contributed by atoms with Crippen molar-refractivity contribution in [2.24, 2.45) is 11.1 Å². The summed E-state index contributed by atoms with van der Waals surface area (Å²) in [4.78, 5) is 12.2. The van der Waals surface area contributed by atoms with Gasteiger partial charge in [0.25, 0.3) is 0 Å². The maximum absolute atomic E-state index is 12.4. The van der Waals surface area contributed by atoms with Gasteiger partial charge in [-0.05, 0) is 30.9 Å². The molecule has 0 saturated heterocycles. The minimum atomic E-state index is -2.88. The molecule has 128 valence electrons. The van der Waals surface area contributed by atoms with Gasteiger partial charge in [-0.2, -0.15) is 8.78 Å². The third-order valence-electron chi connectivity index (χ3n) is 4.55. The van der Waals surface area contributed by atoms with Crippen LogP contribution in [-0.4, -0.2) is 19.1 Å². The number of hydrogen-bond acceptors (Lipinski definition) is 3. The summed E-state index contributed by atoms with van der Waals surface area (Å²) in [6.45, 7) is -2.21. The molecule has 3 N–H and O–H groups in total. The second-order valence-corrected chi connectivity index (χ2v) is 6.20. The second-order valence-electron chi connectivity index (χ2n) is 6.20. The van der Waals surface area contributed by atoms with Gasteiger partial charge in [-0.15, -0.1) is 0 Å². The summed E-state index contributed by atoms with van der Waals surface area (Å²) in [5, 5.41) is 2.80. The van der Waals surface area contributed by atoms with Crippen LogP contribution < -0.4 is 15.8 Å². The zero-order valence-corrected chi connectivity index (χ0v) is 13.2. The molecule has 1 aliphatic carbocycles. The van der Waals surface area contributed by atoms with Crippen LogP contribution in [0.15, 0.2) is 24.3 Å². The van der Waals surface area contributed by atoms with Crippen molar-refractivity contribution in [1.82, 2.24) is 5.32 Å². The van der Waals surface area contributed by atoms with E-state index in [2.05, 4.69) is 10.1 Å². The maximum Gasteiger partial charge on any atom is 0.387 e. The van der Waals surface area contributed by atoms with Crippen LogP contribution in [0.2, 0.25) is 0 Å². The molecule has 0 heterocycles. The highest BCUT2D eigenvalue weighted by molar-refractivity contribution is 5.76. The quantitative estimate of drug-likeness (QED) is 0.809. The van der Waals surface area contributed by atoms with Gasteiger partial charge in [0.1, 0.15) is 5.75 Å².